The van der Waals surface area contributed by atoms with E-state index in [0.29, 0.717) is 5.13 Å². The molecule has 2 aromatic heterocycles. The number of fused-ring (bicyclic) bond motifs is 1. The quantitative estimate of drug-likeness (QED) is 0.943. The van der Waals surface area contributed by atoms with Crippen molar-refractivity contribution in [2.24, 2.45) is 0 Å². The first-order valence-corrected chi connectivity index (χ1v) is 7.86. The fourth-order valence-corrected chi connectivity index (χ4v) is 3.12. The molecule has 0 radical (unpaired) electrons. The van der Waals surface area contributed by atoms with Crippen molar-refractivity contribution in [1.29, 1.82) is 0 Å². The molecule has 3 rings (SSSR count). The number of carbonyl (C=O) groups excluding carboxylic acids is 1. The molecule has 0 saturated carbocycles. The number of anilines is 1. The first-order chi connectivity index (χ1) is 10.2. The summed E-state index contributed by atoms with van der Waals surface area (Å²) in [7, 11) is 0. The van der Waals surface area contributed by atoms with E-state index >= 15 is 0 Å². The maximum atomic E-state index is 11.9. The highest BCUT2D eigenvalue weighted by Crippen LogP contribution is 2.27. The van der Waals surface area contributed by atoms with E-state index in [1.807, 2.05) is 13.0 Å². The van der Waals surface area contributed by atoms with Crippen LogP contribution in [0, 0.1) is 6.92 Å². The number of nitrogens with one attached hydrogen (secondary N) is 1. The van der Waals surface area contributed by atoms with E-state index in [1.54, 1.807) is 12.4 Å². The third-order valence-electron chi connectivity index (χ3n) is 3.42. The molecule has 1 aliphatic rings. The number of hydrogen-bond acceptors (Lipinski definition) is 5. The highest BCUT2D eigenvalue weighted by Gasteiger charge is 2.16. The third-order valence-corrected chi connectivity index (χ3v) is 4.25. The van der Waals surface area contributed by atoms with Gasteiger partial charge in [0.2, 0.25) is 0 Å². The molecule has 21 heavy (non-hydrogen) atoms. The van der Waals surface area contributed by atoms with Crippen LogP contribution in [0.2, 0.25) is 0 Å². The van der Waals surface area contributed by atoms with E-state index < -0.39 is 0 Å². The molecule has 0 fully saturated rings. The zero-order valence-electron chi connectivity index (χ0n) is 11.9. The molecule has 2 heterocycles. The standard InChI is InChI=1S/C15H17N3O2S/c1-10-8-17-15(21-10)18-14(19)9-20-13-6-7-16-12-5-3-2-4-11(12)13/h6-8H,2-5,9H2,1H3,(H,17,18,19). The van der Waals surface area contributed by atoms with Crippen LogP contribution in [0.3, 0.4) is 0 Å². The number of aryl methyl sites for hydroxylation is 2. The maximum absolute atomic E-state index is 11.9. The Kier molecular flexibility index (Phi) is 4.15. The summed E-state index contributed by atoms with van der Waals surface area (Å²) < 4.78 is 5.67. The number of hydrogen-bond donors (Lipinski definition) is 1. The minimum Gasteiger partial charge on any atom is -0.483 e. The van der Waals surface area contributed by atoms with Crippen LogP contribution in [0.25, 0.3) is 0 Å². The van der Waals surface area contributed by atoms with Crippen molar-refractivity contribution in [3.05, 3.63) is 34.6 Å². The molecule has 0 atom stereocenters. The van der Waals surface area contributed by atoms with Crippen LogP contribution in [-0.4, -0.2) is 22.5 Å². The van der Waals surface area contributed by atoms with Gasteiger partial charge in [-0.25, -0.2) is 4.98 Å². The van der Waals surface area contributed by atoms with Crippen LogP contribution in [-0.2, 0) is 17.6 Å². The summed E-state index contributed by atoms with van der Waals surface area (Å²) in [4.78, 5) is 21.4. The number of thiazole rings is 1. The number of amides is 1. The second-order valence-electron chi connectivity index (χ2n) is 5.05. The van der Waals surface area contributed by atoms with E-state index in [-0.39, 0.29) is 12.5 Å². The number of aromatic nitrogens is 2. The van der Waals surface area contributed by atoms with Crippen molar-refractivity contribution in [2.45, 2.75) is 32.6 Å². The van der Waals surface area contributed by atoms with E-state index in [0.717, 1.165) is 41.1 Å². The summed E-state index contributed by atoms with van der Waals surface area (Å²) in [6.07, 6.45) is 7.79. The second kappa shape index (κ2) is 6.22. The monoisotopic (exact) mass is 303 g/mol. The van der Waals surface area contributed by atoms with Gasteiger partial charge in [-0.2, -0.15) is 0 Å². The van der Waals surface area contributed by atoms with Gasteiger partial charge in [0.05, 0.1) is 0 Å². The lowest BCUT2D eigenvalue weighted by Crippen LogP contribution is -2.21. The fraction of sp³-hybridized carbons (Fsp3) is 0.400. The van der Waals surface area contributed by atoms with Crippen LogP contribution in [0.5, 0.6) is 5.75 Å². The smallest absolute Gasteiger partial charge is 0.264 e. The first kappa shape index (κ1) is 14.0. The summed E-state index contributed by atoms with van der Waals surface area (Å²) >= 11 is 1.45. The SMILES string of the molecule is Cc1cnc(NC(=O)COc2ccnc3c2CCCC3)s1. The van der Waals surface area contributed by atoms with Crippen LogP contribution in [0.15, 0.2) is 18.5 Å². The molecule has 0 aliphatic heterocycles. The Morgan fingerprint density at radius 1 is 1.38 bits per heavy atom. The molecule has 0 saturated heterocycles. The zero-order valence-corrected chi connectivity index (χ0v) is 12.7. The van der Waals surface area contributed by atoms with Gasteiger partial charge in [-0.15, -0.1) is 11.3 Å². The van der Waals surface area contributed by atoms with Gasteiger partial charge < -0.3 is 4.74 Å². The van der Waals surface area contributed by atoms with E-state index in [9.17, 15) is 4.79 Å². The van der Waals surface area contributed by atoms with Crippen molar-refractivity contribution in [3.63, 3.8) is 0 Å². The van der Waals surface area contributed by atoms with Crippen LogP contribution < -0.4 is 10.1 Å². The molecule has 0 bridgehead atoms. The Labute approximate surface area is 127 Å². The van der Waals surface area contributed by atoms with Crippen molar-refractivity contribution < 1.29 is 9.53 Å². The Balaban J connectivity index is 1.61. The highest BCUT2D eigenvalue weighted by molar-refractivity contribution is 7.15. The summed E-state index contributed by atoms with van der Waals surface area (Å²) in [5.41, 5.74) is 2.26. The minimum atomic E-state index is -0.189. The number of ether oxygens (including phenoxy) is 1. The van der Waals surface area contributed by atoms with Gasteiger partial charge >= 0.3 is 0 Å². The molecule has 1 N–H and O–H groups in total. The summed E-state index contributed by atoms with van der Waals surface area (Å²) in [6, 6.07) is 1.84. The molecule has 0 unspecified atom stereocenters. The zero-order chi connectivity index (χ0) is 14.7. The Hall–Kier alpha value is -1.95. The predicted octanol–water partition coefficient (Wildman–Crippen LogP) is 2.74. The van der Waals surface area contributed by atoms with E-state index in [4.69, 9.17) is 4.74 Å². The minimum absolute atomic E-state index is 0.00488. The molecule has 5 nitrogen and oxygen atoms in total. The molecule has 2 aromatic rings. The van der Waals surface area contributed by atoms with Crippen molar-refractivity contribution >= 4 is 22.4 Å². The van der Waals surface area contributed by atoms with E-state index in [1.165, 1.54) is 17.8 Å². The molecule has 6 heteroatoms. The van der Waals surface area contributed by atoms with Crippen LogP contribution >= 0.6 is 11.3 Å². The summed E-state index contributed by atoms with van der Waals surface area (Å²) in [5, 5.41) is 3.35. The number of rotatable bonds is 4. The largest absolute Gasteiger partial charge is 0.483 e. The lowest BCUT2D eigenvalue weighted by Gasteiger charge is -2.18. The fourth-order valence-electron chi connectivity index (χ4n) is 2.44. The average Bonchev–Trinajstić information content (AvgIpc) is 2.90. The average molecular weight is 303 g/mol. The van der Waals surface area contributed by atoms with Crippen molar-refractivity contribution in [3.8, 4) is 5.75 Å². The normalized spacial score (nSPS) is 13.6. The Morgan fingerprint density at radius 3 is 3.05 bits per heavy atom. The van der Waals surface area contributed by atoms with Crippen molar-refractivity contribution in [2.75, 3.05) is 11.9 Å². The molecular weight excluding hydrogens is 286 g/mol. The predicted molar refractivity (Wildman–Crippen MR) is 81.9 cm³/mol. The van der Waals surface area contributed by atoms with Crippen molar-refractivity contribution in [1.82, 2.24) is 9.97 Å². The molecule has 110 valence electrons. The van der Waals surface area contributed by atoms with Crippen LogP contribution in [0.4, 0.5) is 5.13 Å². The maximum Gasteiger partial charge on any atom is 0.264 e. The number of carbonyl (C=O) groups is 1. The number of nitrogens with zero attached hydrogens (tertiary/aromatic N) is 2. The molecule has 0 spiro atoms. The molecule has 0 aromatic carbocycles. The summed E-state index contributed by atoms with van der Waals surface area (Å²) in [6.45, 7) is 1.95. The van der Waals surface area contributed by atoms with Gasteiger partial charge in [0.1, 0.15) is 5.75 Å². The molecular formula is C15H17N3O2S. The van der Waals surface area contributed by atoms with E-state index in [2.05, 4.69) is 15.3 Å². The Bertz CT molecular complexity index is 654. The highest BCUT2D eigenvalue weighted by atomic mass is 32.1. The second-order valence-corrected chi connectivity index (χ2v) is 6.29. The van der Waals surface area contributed by atoms with Gasteiger partial charge in [0.15, 0.2) is 11.7 Å². The first-order valence-electron chi connectivity index (χ1n) is 7.04. The third kappa shape index (κ3) is 3.39. The lowest BCUT2D eigenvalue weighted by molar-refractivity contribution is -0.118. The van der Waals surface area contributed by atoms with Crippen LogP contribution in [0.1, 0.15) is 29.0 Å². The van der Waals surface area contributed by atoms with Gasteiger partial charge in [0, 0.05) is 28.5 Å². The number of pyridine rings is 1. The Morgan fingerprint density at radius 2 is 2.24 bits per heavy atom. The van der Waals surface area contributed by atoms with Gasteiger partial charge in [-0.1, -0.05) is 0 Å². The van der Waals surface area contributed by atoms with Gasteiger partial charge in [-0.3, -0.25) is 15.1 Å². The lowest BCUT2D eigenvalue weighted by atomic mass is 9.95. The molecule has 1 aliphatic carbocycles. The topological polar surface area (TPSA) is 64.1 Å². The summed E-state index contributed by atoms with van der Waals surface area (Å²) in [5.74, 6) is 0.593. The molecule has 1 amide bonds. The van der Waals surface area contributed by atoms with Gasteiger partial charge in [-0.05, 0) is 38.7 Å². The van der Waals surface area contributed by atoms with Gasteiger partial charge in [0.25, 0.3) is 5.91 Å².